The number of hydrogen-bond acceptors (Lipinski definition) is 4. The van der Waals surface area contributed by atoms with Gasteiger partial charge >= 0.3 is 0 Å². The van der Waals surface area contributed by atoms with Gasteiger partial charge in [-0.15, -0.1) is 0 Å². The molecule has 4 heteroatoms. The van der Waals surface area contributed by atoms with Gasteiger partial charge in [0.25, 0.3) is 0 Å². The molecule has 2 aliphatic rings. The first-order valence-electron chi connectivity index (χ1n) is 6.92. The Morgan fingerprint density at radius 2 is 2.11 bits per heavy atom. The minimum absolute atomic E-state index is 0.0194. The van der Waals surface area contributed by atoms with Crippen molar-refractivity contribution in [1.29, 1.82) is 0 Å². The fourth-order valence-electron chi connectivity index (χ4n) is 2.93. The zero-order valence-electron chi connectivity index (χ0n) is 11.4. The van der Waals surface area contributed by atoms with Crippen LogP contribution in [0.5, 0.6) is 0 Å². The number of ether oxygens (including phenoxy) is 3. The molecule has 104 valence electrons. The molecular formula is C14H24O4. The van der Waals surface area contributed by atoms with E-state index in [0.717, 1.165) is 38.9 Å². The summed E-state index contributed by atoms with van der Waals surface area (Å²) in [5.41, 5.74) is -0.0901. The molecule has 0 aromatic heterocycles. The standard InChI is InChI=1S/C14H24O4/c1-11(16-2)9-13(15)12-3-6-18-14(10-12)4-7-17-8-5-14/h11-12H,3-10H2,1-2H3. The minimum Gasteiger partial charge on any atom is -0.381 e. The van der Waals surface area contributed by atoms with Gasteiger partial charge in [-0.05, 0) is 32.6 Å². The number of ketones is 1. The molecule has 18 heavy (non-hydrogen) atoms. The zero-order chi connectivity index (χ0) is 13.0. The zero-order valence-corrected chi connectivity index (χ0v) is 11.4. The van der Waals surface area contributed by atoms with Crippen molar-refractivity contribution in [1.82, 2.24) is 0 Å². The fourth-order valence-corrected chi connectivity index (χ4v) is 2.93. The Kier molecular flexibility index (Phi) is 4.76. The van der Waals surface area contributed by atoms with Crippen LogP contribution in [-0.4, -0.2) is 44.4 Å². The first kappa shape index (κ1) is 14.0. The summed E-state index contributed by atoms with van der Waals surface area (Å²) in [7, 11) is 1.65. The molecule has 2 heterocycles. The molecule has 2 unspecified atom stereocenters. The summed E-state index contributed by atoms with van der Waals surface area (Å²) in [5.74, 6) is 0.480. The van der Waals surface area contributed by atoms with Crippen LogP contribution in [0.15, 0.2) is 0 Å². The summed E-state index contributed by atoms with van der Waals surface area (Å²) in [5, 5.41) is 0. The van der Waals surface area contributed by atoms with Gasteiger partial charge in [0.2, 0.25) is 0 Å². The van der Waals surface area contributed by atoms with Crippen LogP contribution >= 0.6 is 0 Å². The van der Waals surface area contributed by atoms with Crippen LogP contribution in [0, 0.1) is 5.92 Å². The van der Waals surface area contributed by atoms with Gasteiger partial charge in [-0.25, -0.2) is 0 Å². The second-order valence-corrected chi connectivity index (χ2v) is 5.55. The van der Waals surface area contributed by atoms with Crippen LogP contribution in [0.4, 0.5) is 0 Å². The number of rotatable bonds is 4. The van der Waals surface area contributed by atoms with Gasteiger partial charge in [0.05, 0.1) is 11.7 Å². The van der Waals surface area contributed by atoms with E-state index in [1.54, 1.807) is 7.11 Å². The summed E-state index contributed by atoms with van der Waals surface area (Å²) in [6.45, 7) is 4.17. The quantitative estimate of drug-likeness (QED) is 0.771. The van der Waals surface area contributed by atoms with E-state index in [0.29, 0.717) is 18.8 Å². The summed E-state index contributed by atoms with van der Waals surface area (Å²) >= 11 is 0. The monoisotopic (exact) mass is 256 g/mol. The molecule has 4 nitrogen and oxygen atoms in total. The van der Waals surface area contributed by atoms with Gasteiger partial charge in [0, 0.05) is 39.3 Å². The van der Waals surface area contributed by atoms with E-state index >= 15 is 0 Å². The Labute approximate surface area is 109 Å². The first-order chi connectivity index (χ1) is 8.65. The highest BCUT2D eigenvalue weighted by atomic mass is 16.5. The number of carbonyl (C=O) groups is 1. The van der Waals surface area contributed by atoms with Crippen molar-refractivity contribution in [3.05, 3.63) is 0 Å². The summed E-state index contributed by atoms with van der Waals surface area (Å²) < 4.78 is 16.5. The lowest BCUT2D eigenvalue weighted by atomic mass is 9.78. The van der Waals surface area contributed by atoms with Gasteiger partial charge in [0.15, 0.2) is 0 Å². The van der Waals surface area contributed by atoms with E-state index in [2.05, 4.69) is 0 Å². The predicted octanol–water partition coefficient (Wildman–Crippen LogP) is 1.96. The number of Topliss-reactive ketones (excluding diaryl/α,β-unsaturated/α-hetero) is 1. The molecule has 0 aliphatic carbocycles. The molecule has 2 aliphatic heterocycles. The van der Waals surface area contributed by atoms with Crippen molar-refractivity contribution in [2.75, 3.05) is 26.9 Å². The van der Waals surface area contributed by atoms with Crippen LogP contribution in [0.3, 0.4) is 0 Å². The van der Waals surface area contributed by atoms with Gasteiger partial charge < -0.3 is 14.2 Å². The number of carbonyl (C=O) groups excluding carboxylic acids is 1. The highest BCUT2D eigenvalue weighted by Gasteiger charge is 2.41. The second kappa shape index (κ2) is 6.13. The molecule has 0 aromatic rings. The van der Waals surface area contributed by atoms with E-state index < -0.39 is 0 Å². The molecule has 2 atom stereocenters. The third kappa shape index (κ3) is 3.31. The topological polar surface area (TPSA) is 44.8 Å². The molecule has 2 saturated heterocycles. The second-order valence-electron chi connectivity index (χ2n) is 5.55. The van der Waals surface area contributed by atoms with Crippen LogP contribution in [0.25, 0.3) is 0 Å². The summed E-state index contributed by atoms with van der Waals surface area (Å²) in [6.07, 6.45) is 4.12. The number of hydrogen-bond donors (Lipinski definition) is 0. The first-order valence-corrected chi connectivity index (χ1v) is 6.92. The molecule has 0 N–H and O–H groups in total. The molecular weight excluding hydrogens is 232 g/mol. The Hall–Kier alpha value is -0.450. The highest BCUT2D eigenvalue weighted by molar-refractivity contribution is 5.81. The normalized spacial score (nSPS) is 29.1. The van der Waals surface area contributed by atoms with Crippen molar-refractivity contribution >= 4 is 5.78 Å². The lowest BCUT2D eigenvalue weighted by Gasteiger charge is -2.43. The third-order valence-corrected chi connectivity index (χ3v) is 4.24. The molecule has 0 aromatic carbocycles. The Bertz CT molecular complexity index is 278. The van der Waals surface area contributed by atoms with Crippen molar-refractivity contribution in [3.63, 3.8) is 0 Å². The van der Waals surface area contributed by atoms with Crippen LogP contribution in [0.2, 0.25) is 0 Å². The molecule has 0 bridgehead atoms. The molecule has 0 saturated carbocycles. The average molecular weight is 256 g/mol. The minimum atomic E-state index is -0.0901. The predicted molar refractivity (Wildman–Crippen MR) is 67.6 cm³/mol. The summed E-state index contributed by atoms with van der Waals surface area (Å²) in [6, 6.07) is 0. The Morgan fingerprint density at radius 3 is 2.78 bits per heavy atom. The van der Waals surface area contributed by atoms with E-state index in [-0.39, 0.29) is 17.6 Å². The molecule has 0 radical (unpaired) electrons. The smallest absolute Gasteiger partial charge is 0.138 e. The van der Waals surface area contributed by atoms with Crippen LogP contribution in [-0.2, 0) is 19.0 Å². The third-order valence-electron chi connectivity index (χ3n) is 4.24. The average Bonchev–Trinajstić information content (AvgIpc) is 2.39. The van der Waals surface area contributed by atoms with E-state index in [4.69, 9.17) is 14.2 Å². The van der Waals surface area contributed by atoms with Crippen molar-refractivity contribution < 1.29 is 19.0 Å². The lowest BCUT2D eigenvalue weighted by molar-refractivity contribution is -0.158. The van der Waals surface area contributed by atoms with E-state index in [9.17, 15) is 4.79 Å². The van der Waals surface area contributed by atoms with Crippen LogP contribution < -0.4 is 0 Å². The molecule has 1 spiro atoms. The van der Waals surface area contributed by atoms with Crippen molar-refractivity contribution in [2.45, 2.75) is 50.7 Å². The van der Waals surface area contributed by atoms with E-state index in [1.807, 2.05) is 6.92 Å². The molecule has 2 fully saturated rings. The maximum Gasteiger partial charge on any atom is 0.138 e. The SMILES string of the molecule is COC(C)CC(=O)C1CCOC2(CCOCC2)C1. The lowest BCUT2D eigenvalue weighted by Crippen LogP contribution is -2.46. The van der Waals surface area contributed by atoms with Gasteiger partial charge in [-0.2, -0.15) is 0 Å². The fraction of sp³-hybridized carbons (Fsp3) is 0.929. The van der Waals surface area contributed by atoms with Gasteiger partial charge in [-0.3, -0.25) is 4.79 Å². The largest absolute Gasteiger partial charge is 0.381 e. The summed E-state index contributed by atoms with van der Waals surface area (Å²) in [4.78, 5) is 12.2. The van der Waals surface area contributed by atoms with Crippen molar-refractivity contribution in [3.8, 4) is 0 Å². The maximum absolute atomic E-state index is 12.2. The van der Waals surface area contributed by atoms with Crippen LogP contribution in [0.1, 0.15) is 39.0 Å². The Balaban J connectivity index is 1.91. The molecule has 0 amide bonds. The van der Waals surface area contributed by atoms with E-state index in [1.165, 1.54) is 0 Å². The Morgan fingerprint density at radius 1 is 1.39 bits per heavy atom. The number of methoxy groups -OCH3 is 1. The molecule has 2 rings (SSSR count). The van der Waals surface area contributed by atoms with Gasteiger partial charge in [0.1, 0.15) is 5.78 Å². The maximum atomic E-state index is 12.2. The van der Waals surface area contributed by atoms with Gasteiger partial charge in [-0.1, -0.05) is 0 Å². The highest BCUT2D eigenvalue weighted by Crippen LogP contribution is 2.37. The van der Waals surface area contributed by atoms with Crippen molar-refractivity contribution in [2.24, 2.45) is 5.92 Å².